The van der Waals surface area contributed by atoms with Crippen LogP contribution in [0.15, 0.2) is 17.0 Å². The lowest BCUT2D eigenvalue weighted by molar-refractivity contribution is 0.153. The van der Waals surface area contributed by atoms with Gasteiger partial charge in [-0.3, -0.25) is 0 Å². The Kier molecular flexibility index (Phi) is 7.31. The second-order valence-corrected chi connectivity index (χ2v) is 6.65. The summed E-state index contributed by atoms with van der Waals surface area (Å²) in [5.74, 6) is 0. The van der Waals surface area contributed by atoms with E-state index in [0.717, 1.165) is 23.2 Å². The SMILES string of the molecule is CCNCc1cc(C)c(C)c(S(=O)(=O)NCCOCC)c1. The van der Waals surface area contributed by atoms with Crippen LogP contribution in [0.25, 0.3) is 0 Å². The molecular formula is C15H26N2O3S. The molecule has 1 aromatic rings. The van der Waals surface area contributed by atoms with Crippen molar-refractivity contribution in [3.63, 3.8) is 0 Å². The summed E-state index contributed by atoms with van der Waals surface area (Å²) in [6.07, 6.45) is 0. The molecule has 0 unspecified atom stereocenters. The van der Waals surface area contributed by atoms with Crippen LogP contribution in [0, 0.1) is 13.8 Å². The Morgan fingerprint density at radius 3 is 2.52 bits per heavy atom. The number of hydrogen-bond acceptors (Lipinski definition) is 4. The molecule has 0 saturated carbocycles. The number of hydrogen-bond donors (Lipinski definition) is 2. The van der Waals surface area contributed by atoms with Gasteiger partial charge in [-0.1, -0.05) is 13.0 Å². The smallest absolute Gasteiger partial charge is 0.240 e. The average molecular weight is 314 g/mol. The average Bonchev–Trinajstić information content (AvgIpc) is 2.44. The molecule has 0 saturated heterocycles. The van der Waals surface area contributed by atoms with Gasteiger partial charge < -0.3 is 10.1 Å². The Balaban J connectivity index is 2.95. The molecule has 0 spiro atoms. The first-order chi connectivity index (χ1) is 9.92. The van der Waals surface area contributed by atoms with Crippen molar-refractivity contribution in [2.45, 2.75) is 39.1 Å². The summed E-state index contributed by atoms with van der Waals surface area (Å²) < 4.78 is 32.6. The van der Waals surface area contributed by atoms with Crippen LogP contribution in [-0.2, 0) is 21.3 Å². The molecule has 1 aromatic carbocycles. The zero-order valence-electron chi connectivity index (χ0n) is 13.3. The summed E-state index contributed by atoms with van der Waals surface area (Å²) in [6, 6.07) is 3.77. The molecule has 5 nitrogen and oxygen atoms in total. The highest BCUT2D eigenvalue weighted by atomic mass is 32.2. The zero-order chi connectivity index (χ0) is 15.9. The van der Waals surface area contributed by atoms with Crippen molar-refractivity contribution in [1.82, 2.24) is 10.0 Å². The van der Waals surface area contributed by atoms with E-state index >= 15 is 0 Å². The molecule has 0 amide bonds. The molecule has 0 fully saturated rings. The van der Waals surface area contributed by atoms with Gasteiger partial charge in [0.05, 0.1) is 11.5 Å². The number of benzene rings is 1. The Morgan fingerprint density at radius 2 is 1.90 bits per heavy atom. The van der Waals surface area contributed by atoms with E-state index in [0.29, 0.717) is 24.7 Å². The van der Waals surface area contributed by atoms with Crippen LogP contribution in [-0.4, -0.2) is 34.7 Å². The Bertz CT molecular complexity index is 556. The monoisotopic (exact) mass is 314 g/mol. The maximum atomic E-state index is 12.4. The van der Waals surface area contributed by atoms with Crippen LogP contribution in [0.3, 0.4) is 0 Å². The Labute approximate surface area is 128 Å². The summed E-state index contributed by atoms with van der Waals surface area (Å²) in [6.45, 7) is 10.4. The molecule has 0 bridgehead atoms. The molecule has 0 radical (unpaired) electrons. The summed E-state index contributed by atoms with van der Waals surface area (Å²) in [4.78, 5) is 0.354. The van der Waals surface area contributed by atoms with Gasteiger partial charge in [-0.2, -0.15) is 0 Å². The number of sulfonamides is 1. The lowest BCUT2D eigenvalue weighted by Gasteiger charge is -2.14. The van der Waals surface area contributed by atoms with Crippen LogP contribution < -0.4 is 10.0 Å². The molecule has 0 atom stereocenters. The molecule has 6 heteroatoms. The predicted octanol–water partition coefficient (Wildman–Crippen LogP) is 1.73. The van der Waals surface area contributed by atoms with Gasteiger partial charge in [0, 0.05) is 19.7 Å². The molecule has 1 rings (SSSR count). The quantitative estimate of drug-likeness (QED) is 0.681. The summed E-state index contributed by atoms with van der Waals surface area (Å²) in [5, 5.41) is 3.21. The van der Waals surface area contributed by atoms with E-state index < -0.39 is 10.0 Å². The lowest BCUT2D eigenvalue weighted by Crippen LogP contribution is -2.28. The van der Waals surface area contributed by atoms with Crippen molar-refractivity contribution in [3.05, 3.63) is 28.8 Å². The van der Waals surface area contributed by atoms with Gasteiger partial charge in [0.1, 0.15) is 0 Å². The van der Waals surface area contributed by atoms with Gasteiger partial charge in [-0.25, -0.2) is 13.1 Å². The van der Waals surface area contributed by atoms with Crippen molar-refractivity contribution in [1.29, 1.82) is 0 Å². The van der Waals surface area contributed by atoms with E-state index in [9.17, 15) is 8.42 Å². The largest absolute Gasteiger partial charge is 0.380 e. The Morgan fingerprint density at radius 1 is 1.19 bits per heavy atom. The maximum Gasteiger partial charge on any atom is 0.240 e. The van der Waals surface area contributed by atoms with Crippen LogP contribution in [0.5, 0.6) is 0 Å². The molecule has 2 N–H and O–H groups in total. The fourth-order valence-electron chi connectivity index (χ4n) is 2.02. The maximum absolute atomic E-state index is 12.4. The zero-order valence-corrected chi connectivity index (χ0v) is 14.1. The van der Waals surface area contributed by atoms with E-state index in [1.54, 1.807) is 6.07 Å². The van der Waals surface area contributed by atoms with Gasteiger partial charge in [-0.05, 0) is 50.1 Å². The predicted molar refractivity (Wildman–Crippen MR) is 85.0 cm³/mol. The van der Waals surface area contributed by atoms with Crippen LogP contribution in [0.1, 0.15) is 30.5 Å². The number of aryl methyl sites for hydroxylation is 1. The molecule has 0 aromatic heterocycles. The van der Waals surface area contributed by atoms with E-state index in [4.69, 9.17) is 4.74 Å². The fraction of sp³-hybridized carbons (Fsp3) is 0.600. The molecular weight excluding hydrogens is 288 g/mol. The number of nitrogens with one attached hydrogen (secondary N) is 2. The minimum Gasteiger partial charge on any atom is -0.380 e. The number of rotatable bonds is 9. The normalized spacial score (nSPS) is 11.8. The molecule has 0 aliphatic carbocycles. The van der Waals surface area contributed by atoms with Gasteiger partial charge in [0.2, 0.25) is 10.0 Å². The van der Waals surface area contributed by atoms with Gasteiger partial charge in [0.15, 0.2) is 0 Å². The van der Waals surface area contributed by atoms with Crippen LogP contribution >= 0.6 is 0 Å². The third kappa shape index (κ3) is 5.39. The molecule has 120 valence electrons. The highest BCUT2D eigenvalue weighted by molar-refractivity contribution is 7.89. The van der Waals surface area contributed by atoms with E-state index in [1.807, 2.05) is 33.8 Å². The van der Waals surface area contributed by atoms with E-state index in [1.165, 1.54) is 0 Å². The first-order valence-electron chi connectivity index (χ1n) is 7.30. The minimum atomic E-state index is -3.50. The van der Waals surface area contributed by atoms with Crippen LogP contribution in [0.2, 0.25) is 0 Å². The van der Waals surface area contributed by atoms with Crippen molar-refractivity contribution in [3.8, 4) is 0 Å². The summed E-state index contributed by atoms with van der Waals surface area (Å²) in [7, 11) is -3.50. The van der Waals surface area contributed by atoms with Crippen molar-refractivity contribution in [2.75, 3.05) is 26.3 Å². The summed E-state index contributed by atoms with van der Waals surface area (Å²) >= 11 is 0. The molecule has 21 heavy (non-hydrogen) atoms. The standard InChI is InChI=1S/C15H26N2O3S/c1-5-16-11-14-9-12(3)13(4)15(10-14)21(18,19)17-7-8-20-6-2/h9-10,16-17H,5-8,11H2,1-4H3. The van der Waals surface area contributed by atoms with Crippen molar-refractivity contribution in [2.24, 2.45) is 0 Å². The number of ether oxygens (including phenoxy) is 1. The van der Waals surface area contributed by atoms with Gasteiger partial charge in [-0.15, -0.1) is 0 Å². The summed E-state index contributed by atoms with van der Waals surface area (Å²) in [5.41, 5.74) is 2.75. The van der Waals surface area contributed by atoms with Crippen LogP contribution in [0.4, 0.5) is 0 Å². The van der Waals surface area contributed by atoms with E-state index in [-0.39, 0.29) is 6.54 Å². The molecule has 0 aliphatic heterocycles. The lowest BCUT2D eigenvalue weighted by atomic mass is 10.1. The third-order valence-electron chi connectivity index (χ3n) is 3.29. The van der Waals surface area contributed by atoms with E-state index in [2.05, 4.69) is 10.0 Å². The first kappa shape index (κ1) is 18.1. The second kappa shape index (κ2) is 8.48. The molecule has 0 aliphatic rings. The second-order valence-electron chi connectivity index (χ2n) is 4.91. The fourth-order valence-corrected chi connectivity index (χ4v) is 3.40. The van der Waals surface area contributed by atoms with Gasteiger partial charge in [0.25, 0.3) is 0 Å². The van der Waals surface area contributed by atoms with Crippen molar-refractivity contribution >= 4 is 10.0 Å². The third-order valence-corrected chi connectivity index (χ3v) is 4.88. The minimum absolute atomic E-state index is 0.284. The van der Waals surface area contributed by atoms with Crippen molar-refractivity contribution < 1.29 is 13.2 Å². The highest BCUT2D eigenvalue weighted by Crippen LogP contribution is 2.21. The Hall–Kier alpha value is -0.950. The molecule has 0 heterocycles. The first-order valence-corrected chi connectivity index (χ1v) is 8.79. The van der Waals surface area contributed by atoms with Gasteiger partial charge >= 0.3 is 0 Å². The highest BCUT2D eigenvalue weighted by Gasteiger charge is 2.18. The topological polar surface area (TPSA) is 67.4 Å².